The Bertz CT molecular complexity index is 611. The largest absolute Gasteiger partial charge is 0.478 e. The third-order valence-electron chi connectivity index (χ3n) is 2.79. The zero-order valence-corrected chi connectivity index (χ0v) is 12.7. The fourth-order valence-electron chi connectivity index (χ4n) is 1.67. The van der Waals surface area contributed by atoms with E-state index in [9.17, 15) is 18.3 Å². The molecule has 0 bridgehead atoms. The van der Waals surface area contributed by atoms with Gasteiger partial charge in [0.2, 0.25) is 10.0 Å². The van der Waals surface area contributed by atoms with Crippen LogP contribution in [0.2, 0.25) is 0 Å². The molecule has 0 spiro atoms. The number of carboxylic acids is 1. The third kappa shape index (κ3) is 4.87. The van der Waals surface area contributed by atoms with Crippen LogP contribution < -0.4 is 10.0 Å². The Labute approximate surface area is 124 Å². The summed E-state index contributed by atoms with van der Waals surface area (Å²) in [6, 6.07) is 3.98. The monoisotopic (exact) mass is 312 g/mol. The van der Waals surface area contributed by atoms with Crippen molar-refractivity contribution in [3.05, 3.63) is 36.4 Å². The second-order valence-electron chi connectivity index (χ2n) is 4.43. The Hall–Kier alpha value is -1.86. The van der Waals surface area contributed by atoms with Gasteiger partial charge >= 0.3 is 5.97 Å². The second-order valence-corrected chi connectivity index (χ2v) is 6.20. The summed E-state index contributed by atoms with van der Waals surface area (Å²) < 4.78 is 26.6. The summed E-state index contributed by atoms with van der Waals surface area (Å²) in [4.78, 5) is 11.2. The van der Waals surface area contributed by atoms with E-state index in [4.69, 9.17) is 0 Å². The average Bonchev–Trinajstić information content (AvgIpc) is 2.44. The van der Waals surface area contributed by atoms with Gasteiger partial charge in [0.1, 0.15) is 0 Å². The number of hydrogen-bond acceptors (Lipinski definition) is 4. The maximum absolute atomic E-state index is 12.1. The molecule has 0 atom stereocenters. The van der Waals surface area contributed by atoms with Crippen molar-refractivity contribution in [2.45, 2.75) is 24.7 Å². The molecule has 1 aromatic rings. The standard InChI is InChI=1S/C14H20N2O4S/c1-3-5-9-16-21(19,20)11-6-7-13(15-8-4-2)12(10-11)14(17)18/h4,6-7,10,15-16H,2-3,5,8-9H2,1H3,(H,17,18). The SMILES string of the molecule is C=CCNc1ccc(S(=O)(=O)NCCCC)cc1C(=O)O. The third-order valence-corrected chi connectivity index (χ3v) is 4.25. The molecular formula is C14H20N2O4S. The first-order chi connectivity index (χ1) is 9.92. The second kappa shape index (κ2) is 7.80. The molecule has 0 amide bonds. The van der Waals surface area contributed by atoms with E-state index in [-0.39, 0.29) is 10.5 Å². The molecule has 3 N–H and O–H groups in total. The summed E-state index contributed by atoms with van der Waals surface area (Å²) in [7, 11) is -3.69. The highest BCUT2D eigenvalue weighted by molar-refractivity contribution is 7.89. The lowest BCUT2D eigenvalue weighted by atomic mass is 10.2. The van der Waals surface area contributed by atoms with Gasteiger partial charge in [0.15, 0.2) is 0 Å². The maximum atomic E-state index is 12.1. The van der Waals surface area contributed by atoms with E-state index >= 15 is 0 Å². The minimum Gasteiger partial charge on any atom is -0.478 e. The first-order valence-corrected chi connectivity index (χ1v) is 8.12. The van der Waals surface area contributed by atoms with Crippen molar-refractivity contribution in [2.75, 3.05) is 18.4 Å². The number of carbonyl (C=O) groups is 1. The highest BCUT2D eigenvalue weighted by Crippen LogP contribution is 2.20. The van der Waals surface area contributed by atoms with Crippen molar-refractivity contribution < 1.29 is 18.3 Å². The summed E-state index contributed by atoms with van der Waals surface area (Å²) >= 11 is 0. The minimum absolute atomic E-state index is 0.0554. The van der Waals surface area contributed by atoms with Crippen LogP contribution in [-0.4, -0.2) is 32.6 Å². The van der Waals surface area contributed by atoms with Crippen molar-refractivity contribution in [1.29, 1.82) is 0 Å². The predicted octanol–water partition coefficient (Wildman–Crippen LogP) is 2.06. The Balaban J connectivity index is 3.07. The molecule has 0 saturated heterocycles. The van der Waals surface area contributed by atoms with Crippen molar-refractivity contribution in [3.63, 3.8) is 0 Å². The van der Waals surface area contributed by atoms with Gasteiger partial charge in [-0.2, -0.15) is 0 Å². The highest BCUT2D eigenvalue weighted by Gasteiger charge is 2.18. The van der Waals surface area contributed by atoms with Crippen LogP contribution in [0.3, 0.4) is 0 Å². The average molecular weight is 312 g/mol. The molecule has 0 aliphatic carbocycles. The predicted molar refractivity (Wildman–Crippen MR) is 82.2 cm³/mol. The number of aromatic carboxylic acids is 1. The van der Waals surface area contributed by atoms with E-state index in [2.05, 4.69) is 16.6 Å². The molecule has 0 radical (unpaired) electrons. The van der Waals surface area contributed by atoms with Crippen LogP contribution in [0.15, 0.2) is 35.7 Å². The van der Waals surface area contributed by atoms with Crippen LogP contribution in [0.1, 0.15) is 30.1 Å². The lowest BCUT2D eigenvalue weighted by Crippen LogP contribution is -2.25. The normalized spacial score (nSPS) is 11.1. The van der Waals surface area contributed by atoms with Crippen LogP contribution in [-0.2, 0) is 10.0 Å². The molecule has 1 rings (SSSR count). The number of benzene rings is 1. The molecule has 0 aliphatic heterocycles. The van der Waals surface area contributed by atoms with Gasteiger partial charge in [-0.3, -0.25) is 0 Å². The van der Waals surface area contributed by atoms with E-state index < -0.39 is 16.0 Å². The molecule has 7 heteroatoms. The van der Waals surface area contributed by atoms with Gasteiger partial charge in [0.05, 0.1) is 10.5 Å². The van der Waals surface area contributed by atoms with Gasteiger partial charge < -0.3 is 10.4 Å². The molecule has 0 unspecified atom stereocenters. The number of nitrogens with one attached hydrogen (secondary N) is 2. The summed E-state index contributed by atoms with van der Waals surface area (Å²) in [5.41, 5.74) is 0.269. The smallest absolute Gasteiger partial charge is 0.337 e. The summed E-state index contributed by atoms with van der Waals surface area (Å²) in [6.45, 7) is 6.21. The van der Waals surface area contributed by atoms with E-state index in [1.165, 1.54) is 12.1 Å². The van der Waals surface area contributed by atoms with Crippen LogP contribution in [0, 0.1) is 0 Å². The first kappa shape index (κ1) is 17.2. The molecule has 0 fully saturated rings. The van der Waals surface area contributed by atoms with E-state index in [1.54, 1.807) is 6.08 Å². The Morgan fingerprint density at radius 2 is 2.14 bits per heavy atom. The fraction of sp³-hybridized carbons (Fsp3) is 0.357. The lowest BCUT2D eigenvalue weighted by molar-refractivity contribution is 0.0697. The van der Waals surface area contributed by atoms with Gasteiger partial charge in [-0.15, -0.1) is 6.58 Å². The molecule has 0 aromatic heterocycles. The zero-order valence-electron chi connectivity index (χ0n) is 11.9. The van der Waals surface area contributed by atoms with Gasteiger partial charge in [-0.1, -0.05) is 19.4 Å². The molecule has 0 saturated carbocycles. The van der Waals surface area contributed by atoms with Crippen molar-refractivity contribution in [3.8, 4) is 0 Å². The Morgan fingerprint density at radius 3 is 2.71 bits per heavy atom. The van der Waals surface area contributed by atoms with Crippen molar-refractivity contribution in [1.82, 2.24) is 4.72 Å². The number of carboxylic acid groups (broad SMARTS) is 1. The number of rotatable bonds is 9. The van der Waals surface area contributed by atoms with Gasteiger partial charge in [0, 0.05) is 18.8 Å². The molecule has 0 aliphatic rings. The quantitative estimate of drug-likeness (QED) is 0.479. The molecule has 21 heavy (non-hydrogen) atoms. The number of anilines is 1. The topological polar surface area (TPSA) is 95.5 Å². The molecular weight excluding hydrogens is 292 g/mol. The Morgan fingerprint density at radius 1 is 1.43 bits per heavy atom. The minimum atomic E-state index is -3.69. The molecule has 1 aromatic carbocycles. The summed E-state index contributed by atoms with van der Waals surface area (Å²) in [5, 5.41) is 12.0. The molecule has 0 heterocycles. The maximum Gasteiger partial charge on any atom is 0.337 e. The van der Waals surface area contributed by atoms with Gasteiger partial charge in [-0.25, -0.2) is 17.9 Å². The van der Waals surface area contributed by atoms with Crippen molar-refractivity contribution >= 4 is 21.7 Å². The molecule has 6 nitrogen and oxygen atoms in total. The van der Waals surface area contributed by atoms with Crippen molar-refractivity contribution in [2.24, 2.45) is 0 Å². The Kier molecular flexibility index (Phi) is 6.39. The van der Waals surface area contributed by atoms with Crippen LogP contribution in [0.5, 0.6) is 0 Å². The zero-order chi connectivity index (χ0) is 15.9. The van der Waals surface area contributed by atoms with E-state index in [0.29, 0.717) is 18.8 Å². The summed E-state index contributed by atoms with van der Waals surface area (Å²) in [6.07, 6.45) is 3.18. The molecule has 116 valence electrons. The lowest BCUT2D eigenvalue weighted by Gasteiger charge is -2.11. The fourth-order valence-corrected chi connectivity index (χ4v) is 2.77. The van der Waals surface area contributed by atoms with Gasteiger partial charge in [-0.05, 0) is 24.6 Å². The number of sulfonamides is 1. The number of hydrogen-bond donors (Lipinski definition) is 3. The van der Waals surface area contributed by atoms with Crippen LogP contribution in [0.25, 0.3) is 0 Å². The summed E-state index contributed by atoms with van der Waals surface area (Å²) in [5.74, 6) is -1.19. The van der Waals surface area contributed by atoms with E-state index in [1.807, 2.05) is 6.92 Å². The van der Waals surface area contributed by atoms with Crippen LogP contribution in [0.4, 0.5) is 5.69 Å². The van der Waals surface area contributed by atoms with E-state index in [0.717, 1.165) is 18.9 Å². The first-order valence-electron chi connectivity index (χ1n) is 6.64. The highest BCUT2D eigenvalue weighted by atomic mass is 32.2. The van der Waals surface area contributed by atoms with Gasteiger partial charge in [0.25, 0.3) is 0 Å². The van der Waals surface area contributed by atoms with Crippen LogP contribution >= 0.6 is 0 Å². The number of unbranched alkanes of at least 4 members (excludes halogenated alkanes) is 1.